The summed E-state index contributed by atoms with van der Waals surface area (Å²) in [4.78, 5) is 15.8. The number of hydroxylamine groups is 1. The SMILES string of the molecule is CCOCC(O)CONC(=O)CCSC. The van der Waals surface area contributed by atoms with E-state index in [0.29, 0.717) is 13.0 Å². The molecule has 0 heterocycles. The highest BCUT2D eigenvalue weighted by molar-refractivity contribution is 7.98. The lowest BCUT2D eigenvalue weighted by Gasteiger charge is -2.10. The second kappa shape index (κ2) is 10.2. The number of nitrogens with one attached hydrogen (secondary N) is 1. The van der Waals surface area contributed by atoms with Gasteiger partial charge >= 0.3 is 0 Å². The molecule has 0 saturated heterocycles. The summed E-state index contributed by atoms with van der Waals surface area (Å²) in [5, 5.41) is 9.26. The van der Waals surface area contributed by atoms with Crippen molar-refractivity contribution in [1.29, 1.82) is 0 Å². The van der Waals surface area contributed by atoms with Gasteiger partial charge in [0.1, 0.15) is 12.7 Å². The average Bonchev–Trinajstić information content (AvgIpc) is 2.23. The summed E-state index contributed by atoms with van der Waals surface area (Å²) >= 11 is 1.60. The largest absolute Gasteiger partial charge is 0.388 e. The smallest absolute Gasteiger partial charge is 0.244 e. The van der Waals surface area contributed by atoms with Crippen molar-refractivity contribution in [2.45, 2.75) is 19.4 Å². The van der Waals surface area contributed by atoms with E-state index in [4.69, 9.17) is 9.57 Å². The fraction of sp³-hybridized carbons (Fsp3) is 0.889. The number of hydrogen-bond acceptors (Lipinski definition) is 5. The van der Waals surface area contributed by atoms with Crippen molar-refractivity contribution in [2.75, 3.05) is 31.8 Å². The van der Waals surface area contributed by atoms with Crippen LogP contribution in [0, 0.1) is 0 Å². The molecule has 0 spiro atoms. The molecule has 1 amide bonds. The number of thioether (sulfide) groups is 1. The van der Waals surface area contributed by atoms with Crippen LogP contribution in [0.4, 0.5) is 0 Å². The Balaban J connectivity index is 3.31. The molecule has 15 heavy (non-hydrogen) atoms. The van der Waals surface area contributed by atoms with Crippen molar-refractivity contribution in [3.05, 3.63) is 0 Å². The Morgan fingerprint density at radius 2 is 2.27 bits per heavy atom. The summed E-state index contributed by atoms with van der Waals surface area (Å²) in [7, 11) is 0. The average molecular weight is 237 g/mol. The van der Waals surface area contributed by atoms with Crippen LogP contribution in [0.1, 0.15) is 13.3 Å². The quantitative estimate of drug-likeness (QED) is 0.560. The van der Waals surface area contributed by atoms with E-state index in [2.05, 4.69) is 5.48 Å². The summed E-state index contributed by atoms with van der Waals surface area (Å²) < 4.78 is 4.97. The van der Waals surface area contributed by atoms with Crippen LogP contribution in [0.15, 0.2) is 0 Å². The summed E-state index contributed by atoms with van der Waals surface area (Å²) in [5.74, 6) is 0.587. The van der Waals surface area contributed by atoms with Gasteiger partial charge in [0, 0.05) is 18.8 Å². The number of aliphatic hydroxyl groups excluding tert-OH is 1. The molecule has 5 nitrogen and oxygen atoms in total. The Morgan fingerprint density at radius 1 is 1.53 bits per heavy atom. The Labute approximate surface area is 94.5 Å². The lowest BCUT2D eigenvalue weighted by atomic mass is 10.4. The van der Waals surface area contributed by atoms with Gasteiger partial charge in [-0.15, -0.1) is 0 Å². The van der Waals surface area contributed by atoms with E-state index >= 15 is 0 Å². The summed E-state index contributed by atoms with van der Waals surface area (Å²) in [6, 6.07) is 0. The normalized spacial score (nSPS) is 12.5. The number of amides is 1. The molecule has 0 fully saturated rings. The minimum atomic E-state index is -0.703. The van der Waals surface area contributed by atoms with Crippen molar-refractivity contribution >= 4 is 17.7 Å². The van der Waals surface area contributed by atoms with Crippen LogP contribution in [0.5, 0.6) is 0 Å². The topological polar surface area (TPSA) is 67.8 Å². The third-order valence-electron chi connectivity index (χ3n) is 1.51. The molecule has 6 heteroatoms. The summed E-state index contributed by atoms with van der Waals surface area (Å²) in [6.07, 6.45) is 1.65. The first-order valence-electron chi connectivity index (χ1n) is 4.86. The first-order chi connectivity index (χ1) is 7.20. The van der Waals surface area contributed by atoms with E-state index in [1.807, 2.05) is 13.2 Å². The number of carbonyl (C=O) groups excluding carboxylic acids is 1. The zero-order chi connectivity index (χ0) is 11.5. The van der Waals surface area contributed by atoms with Gasteiger partial charge in [-0.25, -0.2) is 5.48 Å². The molecule has 0 aliphatic heterocycles. The second-order valence-corrected chi connectivity index (χ2v) is 3.88. The minimum absolute atomic E-state index is 0.0466. The van der Waals surface area contributed by atoms with E-state index in [1.54, 1.807) is 11.8 Å². The van der Waals surface area contributed by atoms with Gasteiger partial charge in [0.05, 0.1) is 6.61 Å². The monoisotopic (exact) mass is 237 g/mol. The van der Waals surface area contributed by atoms with Gasteiger partial charge in [-0.1, -0.05) is 0 Å². The third-order valence-corrected chi connectivity index (χ3v) is 2.12. The molecule has 0 aromatic carbocycles. The molecule has 0 rings (SSSR count). The number of hydrogen-bond donors (Lipinski definition) is 2. The van der Waals surface area contributed by atoms with Gasteiger partial charge in [0.2, 0.25) is 5.91 Å². The van der Waals surface area contributed by atoms with E-state index < -0.39 is 6.10 Å². The first-order valence-corrected chi connectivity index (χ1v) is 6.25. The molecule has 1 unspecified atom stereocenters. The predicted octanol–water partition coefficient (Wildman–Crippen LogP) is 0.185. The fourth-order valence-electron chi connectivity index (χ4n) is 0.766. The van der Waals surface area contributed by atoms with Crippen LogP contribution in [0.25, 0.3) is 0 Å². The van der Waals surface area contributed by atoms with Gasteiger partial charge in [-0.3, -0.25) is 9.63 Å². The molecule has 0 bridgehead atoms. The van der Waals surface area contributed by atoms with E-state index in [1.165, 1.54) is 0 Å². The Bertz CT molecular complexity index is 168. The molecule has 0 aliphatic carbocycles. The summed E-state index contributed by atoms with van der Waals surface area (Å²) in [5.41, 5.74) is 2.26. The molecule has 2 N–H and O–H groups in total. The first kappa shape index (κ1) is 14.7. The molecule has 0 radical (unpaired) electrons. The fourth-order valence-corrected chi connectivity index (χ4v) is 1.16. The van der Waals surface area contributed by atoms with Crippen molar-refractivity contribution in [2.24, 2.45) is 0 Å². The van der Waals surface area contributed by atoms with Crippen molar-refractivity contribution in [3.63, 3.8) is 0 Å². The maximum atomic E-state index is 11.0. The Morgan fingerprint density at radius 3 is 2.87 bits per heavy atom. The van der Waals surface area contributed by atoms with Crippen molar-refractivity contribution in [1.82, 2.24) is 5.48 Å². The van der Waals surface area contributed by atoms with Gasteiger partial charge in [0.15, 0.2) is 0 Å². The van der Waals surface area contributed by atoms with E-state index in [-0.39, 0.29) is 19.1 Å². The molecule has 0 aliphatic rings. The number of rotatable bonds is 9. The standard InChI is InChI=1S/C9H19NO4S/c1-3-13-6-8(11)7-14-10-9(12)4-5-15-2/h8,11H,3-7H2,1-2H3,(H,10,12). The highest BCUT2D eigenvalue weighted by atomic mass is 32.2. The third kappa shape index (κ3) is 9.99. The zero-order valence-corrected chi connectivity index (χ0v) is 10.0. The highest BCUT2D eigenvalue weighted by Crippen LogP contribution is 1.94. The zero-order valence-electron chi connectivity index (χ0n) is 9.19. The molecular weight excluding hydrogens is 218 g/mol. The van der Waals surface area contributed by atoms with Crippen molar-refractivity contribution < 1.29 is 19.5 Å². The molecule has 0 aromatic rings. The molecule has 1 atom stereocenters. The molecule has 0 saturated carbocycles. The Hall–Kier alpha value is -0.300. The molecule has 0 aromatic heterocycles. The highest BCUT2D eigenvalue weighted by Gasteiger charge is 2.05. The lowest BCUT2D eigenvalue weighted by Crippen LogP contribution is -2.30. The van der Waals surface area contributed by atoms with E-state index in [0.717, 1.165) is 5.75 Å². The van der Waals surface area contributed by atoms with Gasteiger partial charge in [0.25, 0.3) is 0 Å². The maximum Gasteiger partial charge on any atom is 0.244 e. The summed E-state index contributed by atoms with van der Waals surface area (Å²) in [6.45, 7) is 2.66. The number of aliphatic hydroxyl groups is 1. The minimum Gasteiger partial charge on any atom is -0.388 e. The van der Waals surface area contributed by atoms with Crippen LogP contribution in [-0.2, 0) is 14.4 Å². The van der Waals surface area contributed by atoms with Crippen LogP contribution < -0.4 is 5.48 Å². The van der Waals surface area contributed by atoms with Crippen LogP contribution in [-0.4, -0.2) is 48.9 Å². The van der Waals surface area contributed by atoms with Gasteiger partial charge < -0.3 is 9.84 Å². The number of carbonyl (C=O) groups is 1. The molecule has 90 valence electrons. The molecular formula is C9H19NO4S. The van der Waals surface area contributed by atoms with Crippen LogP contribution >= 0.6 is 11.8 Å². The maximum absolute atomic E-state index is 11.0. The van der Waals surface area contributed by atoms with Crippen molar-refractivity contribution in [3.8, 4) is 0 Å². The van der Waals surface area contributed by atoms with Crippen LogP contribution in [0.3, 0.4) is 0 Å². The van der Waals surface area contributed by atoms with E-state index in [9.17, 15) is 9.90 Å². The number of ether oxygens (including phenoxy) is 1. The van der Waals surface area contributed by atoms with Gasteiger partial charge in [-0.2, -0.15) is 11.8 Å². The predicted molar refractivity (Wildman–Crippen MR) is 59.6 cm³/mol. The van der Waals surface area contributed by atoms with Gasteiger partial charge in [-0.05, 0) is 13.2 Å². The van der Waals surface area contributed by atoms with Crippen LogP contribution in [0.2, 0.25) is 0 Å². The second-order valence-electron chi connectivity index (χ2n) is 2.89. The lowest BCUT2D eigenvalue weighted by molar-refractivity contribution is -0.136. The Kier molecular flexibility index (Phi) is 10.0.